The van der Waals surface area contributed by atoms with Gasteiger partial charge in [0, 0.05) is 19.1 Å². The van der Waals surface area contributed by atoms with Crippen LogP contribution in [0.2, 0.25) is 0 Å². The molecule has 1 atom stereocenters. The van der Waals surface area contributed by atoms with Crippen molar-refractivity contribution in [2.24, 2.45) is 10.7 Å². The first kappa shape index (κ1) is 16.4. The molecule has 9 nitrogen and oxygen atoms in total. The summed E-state index contributed by atoms with van der Waals surface area (Å²) in [4.78, 5) is 18.3. The quantitative estimate of drug-likeness (QED) is 0.640. The molecule has 5 N–H and O–H groups in total. The average molecular weight is 335 g/mol. The second-order valence-corrected chi connectivity index (χ2v) is 7.11. The van der Waals surface area contributed by atoms with Gasteiger partial charge in [-0.3, -0.25) is 5.10 Å². The zero-order valence-corrected chi connectivity index (χ0v) is 14.3. The predicted octanol–water partition coefficient (Wildman–Crippen LogP) is 0.992. The van der Waals surface area contributed by atoms with Gasteiger partial charge in [-0.25, -0.2) is 9.79 Å². The number of hydrogen-bond donors (Lipinski definition) is 4. The molecule has 3 heterocycles. The molecule has 1 amide bonds. The Bertz CT molecular complexity index is 647. The van der Waals surface area contributed by atoms with E-state index in [0.717, 1.165) is 36.6 Å². The Kier molecular flexibility index (Phi) is 4.25. The lowest BCUT2D eigenvalue weighted by Crippen LogP contribution is -2.49. The highest BCUT2D eigenvalue weighted by atomic mass is 16.6. The Morgan fingerprint density at radius 3 is 3.00 bits per heavy atom. The highest BCUT2D eigenvalue weighted by Gasteiger charge is 2.29. The number of alkyl carbamates (subject to hydrolysis) is 1. The lowest BCUT2D eigenvalue weighted by Gasteiger charge is -2.34. The maximum absolute atomic E-state index is 12.0. The van der Waals surface area contributed by atoms with Crippen LogP contribution < -0.4 is 21.3 Å². The van der Waals surface area contributed by atoms with Gasteiger partial charge in [-0.15, -0.1) is 0 Å². The molecular weight excluding hydrogens is 310 g/mol. The molecule has 0 aliphatic carbocycles. The monoisotopic (exact) mass is 335 g/mol. The number of hydrogen-bond acceptors (Lipinski definition) is 7. The average Bonchev–Trinajstić information content (AvgIpc) is 2.91. The van der Waals surface area contributed by atoms with Crippen molar-refractivity contribution in [1.82, 2.24) is 15.5 Å². The fraction of sp³-hybridized carbons (Fsp3) is 0.667. The largest absolute Gasteiger partial charge is 0.444 e. The minimum Gasteiger partial charge on any atom is -0.444 e. The van der Waals surface area contributed by atoms with E-state index in [1.54, 1.807) is 0 Å². The fourth-order valence-corrected chi connectivity index (χ4v) is 2.98. The Morgan fingerprint density at radius 1 is 1.46 bits per heavy atom. The zero-order chi connectivity index (χ0) is 17.3. The van der Waals surface area contributed by atoms with E-state index in [0.29, 0.717) is 19.0 Å². The van der Waals surface area contributed by atoms with Crippen molar-refractivity contribution < 1.29 is 9.53 Å². The molecule has 1 fully saturated rings. The summed E-state index contributed by atoms with van der Waals surface area (Å²) < 4.78 is 5.33. The second kappa shape index (κ2) is 6.21. The summed E-state index contributed by atoms with van der Waals surface area (Å²) in [6, 6.07) is 0.00987. The number of amidine groups is 1. The summed E-state index contributed by atoms with van der Waals surface area (Å²) in [7, 11) is 0. The van der Waals surface area contributed by atoms with Crippen molar-refractivity contribution >= 4 is 23.6 Å². The Morgan fingerprint density at radius 2 is 2.25 bits per heavy atom. The van der Waals surface area contributed by atoms with Crippen molar-refractivity contribution in [3.63, 3.8) is 0 Å². The van der Waals surface area contributed by atoms with Crippen LogP contribution in [0.1, 0.15) is 39.2 Å². The summed E-state index contributed by atoms with van der Waals surface area (Å²) in [5.74, 6) is 2.04. The van der Waals surface area contributed by atoms with Gasteiger partial charge in [-0.2, -0.15) is 5.10 Å². The smallest absolute Gasteiger partial charge is 0.407 e. The van der Waals surface area contributed by atoms with E-state index in [-0.39, 0.29) is 12.1 Å². The van der Waals surface area contributed by atoms with E-state index < -0.39 is 5.60 Å². The molecule has 0 unspecified atom stereocenters. The number of aliphatic imine (C=N–C) groups is 1. The number of piperidine rings is 1. The van der Waals surface area contributed by atoms with E-state index in [1.807, 2.05) is 20.8 Å². The van der Waals surface area contributed by atoms with Gasteiger partial charge in [0.1, 0.15) is 29.5 Å². The molecular formula is C15H25N7O2. The van der Waals surface area contributed by atoms with Gasteiger partial charge in [0.2, 0.25) is 0 Å². The molecule has 1 aromatic heterocycles. The van der Waals surface area contributed by atoms with Gasteiger partial charge in [0.25, 0.3) is 0 Å². The summed E-state index contributed by atoms with van der Waals surface area (Å²) in [5, 5.41) is 13.4. The summed E-state index contributed by atoms with van der Waals surface area (Å²) in [6.07, 6.45) is 1.47. The Labute approximate surface area is 141 Å². The van der Waals surface area contributed by atoms with Crippen molar-refractivity contribution in [2.45, 2.75) is 45.3 Å². The lowest BCUT2D eigenvalue weighted by atomic mass is 10.1. The van der Waals surface area contributed by atoms with E-state index in [1.165, 1.54) is 0 Å². The number of H-pyrrole nitrogens is 1. The zero-order valence-electron chi connectivity index (χ0n) is 14.3. The molecule has 132 valence electrons. The molecule has 1 aromatic rings. The molecule has 0 bridgehead atoms. The minimum atomic E-state index is -0.504. The molecule has 2 aliphatic heterocycles. The molecule has 0 radical (unpaired) electrons. The van der Waals surface area contributed by atoms with Crippen LogP contribution in [-0.2, 0) is 4.74 Å². The van der Waals surface area contributed by atoms with Crippen LogP contribution in [0.15, 0.2) is 4.99 Å². The van der Waals surface area contributed by atoms with Crippen LogP contribution in [0.5, 0.6) is 0 Å². The minimum absolute atomic E-state index is 0.00987. The standard InChI is InChI=1S/C15H25N7O2/c1-15(2,3)24-14(23)19-9-5-4-6-22(7-9)13-10-11(16)17-8-18-12(10)20-21-13/h9H,4-8H2,1-3H3,(H2,16,17)(H,19,23)(H2,18,20,21)/t9-/m1/s1. The first-order chi connectivity index (χ1) is 11.3. The van der Waals surface area contributed by atoms with Crippen molar-refractivity contribution in [1.29, 1.82) is 0 Å². The first-order valence-electron chi connectivity index (χ1n) is 8.20. The van der Waals surface area contributed by atoms with Crippen LogP contribution in [-0.4, -0.2) is 53.5 Å². The number of aromatic amines is 1. The Balaban J connectivity index is 1.68. The number of amides is 1. The van der Waals surface area contributed by atoms with Gasteiger partial charge in [-0.1, -0.05) is 0 Å². The van der Waals surface area contributed by atoms with E-state index in [2.05, 4.69) is 30.7 Å². The van der Waals surface area contributed by atoms with E-state index >= 15 is 0 Å². The number of anilines is 2. The van der Waals surface area contributed by atoms with Gasteiger partial charge < -0.3 is 26.0 Å². The number of rotatable bonds is 2. The van der Waals surface area contributed by atoms with Crippen LogP contribution in [0, 0.1) is 0 Å². The maximum Gasteiger partial charge on any atom is 0.407 e. The summed E-state index contributed by atoms with van der Waals surface area (Å²) in [6.45, 7) is 7.52. The molecule has 1 saturated heterocycles. The fourth-order valence-electron chi connectivity index (χ4n) is 2.98. The van der Waals surface area contributed by atoms with Gasteiger partial charge in [0.15, 0.2) is 5.82 Å². The van der Waals surface area contributed by atoms with E-state index in [9.17, 15) is 4.79 Å². The third kappa shape index (κ3) is 3.55. The molecule has 3 rings (SSSR count). The van der Waals surface area contributed by atoms with Crippen LogP contribution in [0.4, 0.5) is 16.4 Å². The number of fused-ring (bicyclic) bond motifs is 1. The van der Waals surface area contributed by atoms with Crippen molar-refractivity contribution in [3.05, 3.63) is 5.56 Å². The summed E-state index contributed by atoms with van der Waals surface area (Å²) >= 11 is 0. The number of carbonyl (C=O) groups excluding carboxylic acids is 1. The third-order valence-electron chi connectivity index (χ3n) is 3.95. The number of aromatic nitrogens is 2. The van der Waals surface area contributed by atoms with Crippen LogP contribution in [0.25, 0.3) is 0 Å². The molecule has 0 spiro atoms. The van der Waals surface area contributed by atoms with E-state index in [4.69, 9.17) is 10.5 Å². The normalized spacial score (nSPS) is 20.7. The summed E-state index contributed by atoms with van der Waals surface area (Å²) in [5.41, 5.74) is 6.32. The van der Waals surface area contributed by atoms with Gasteiger partial charge >= 0.3 is 6.09 Å². The van der Waals surface area contributed by atoms with Crippen LogP contribution >= 0.6 is 0 Å². The second-order valence-electron chi connectivity index (χ2n) is 7.11. The SMILES string of the molecule is CC(C)(C)OC(=O)N[C@@H]1CCCN(c2n[nH]c3c2C(N)=NCN3)C1. The molecule has 0 aromatic carbocycles. The number of nitrogens with two attached hydrogens (primary N) is 1. The van der Waals surface area contributed by atoms with Crippen molar-refractivity contribution in [3.8, 4) is 0 Å². The first-order valence-corrected chi connectivity index (χ1v) is 8.20. The maximum atomic E-state index is 12.0. The number of carbonyl (C=O) groups is 1. The predicted molar refractivity (Wildman–Crippen MR) is 92.4 cm³/mol. The van der Waals surface area contributed by atoms with Crippen molar-refractivity contribution in [2.75, 3.05) is 30.0 Å². The van der Waals surface area contributed by atoms with Crippen LogP contribution in [0.3, 0.4) is 0 Å². The molecule has 0 saturated carbocycles. The Hall–Kier alpha value is -2.45. The molecule has 24 heavy (non-hydrogen) atoms. The van der Waals surface area contributed by atoms with Gasteiger partial charge in [0.05, 0.1) is 0 Å². The highest BCUT2D eigenvalue weighted by Crippen LogP contribution is 2.28. The molecule has 2 aliphatic rings. The number of nitrogens with zero attached hydrogens (tertiary/aromatic N) is 3. The number of ether oxygens (including phenoxy) is 1. The highest BCUT2D eigenvalue weighted by molar-refractivity contribution is 6.07. The third-order valence-corrected chi connectivity index (χ3v) is 3.95. The van der Waals surface area contributed by atoms with Gasteiger partial charge in [-0.05, 0) is 33.6 Å². The topological polar surface area (TPSA) is 121 Å². The molecule has 9 heteroatoms. The lowest BCUT2D eigenvalue weighted by molar-refractivity contribution is 0.0500. The number of nitrogens with one attached hydrogen (secondary N) is 3.